The van der Waals surface area contributed by atoms with E-state index in [4.69, 9.17) is 14.6 Å². The molecule has 4 nitrogen and oxygen atoms in total. The fraction of sp³-hybridized carbons (Fsp3) is 0.300. The second-order valence-corrected chi connectivity index (χ2v) is 3.91. The molecule has 1 aromatic rings. The van der Waals surface area contributed by atoms with Gasteiger partial charge in [-0.1, -0.05) is 0 Å². The summed E-state index contributed by atoms with van der Waals surface area (Å²) >= 11 is 0. The van der Waals surface area contributed by atoms with Gasteiger partial charge in [0.05, 0.1) is 12.4 Å². The Kier molecular flexibility index (Phi) is 3.19. The van der Waals surface area contributed by atoms with Gasteiger partial charge in [-0.05, 0) is 23.8 Å². The molecule has 2 rings (SSSR count). The summed E-state index contributed by atoms with van der Waals surface area (Å²) in [7, 11) is 2.45. The summed E-state index contributed by atoms with van der Waals surface area (Å²) in [6.07, 6.45) is 1.70. The highest BCUT2D eigenvalue weighted by atomic mass is 31.0. The van der Waals surface area contributed by atoms with Crippen LogP contribution >= 0.6 is 9.24 Å². The van der Waals surface area contributed by atoms with Crippen molar-refractivity contribution < 1.29 is 14.6 Å². The van der Waals surface area contributed by atoms with Crippen molar-refractivity contribution in [3.63, 3.8) is 0 Å². The van der Waals surface area contributed by atoms with E-state index in [1.165, 1.54) is 0 Å². The summed E-state index contributed by atoms with van der Waals surface area (Å²) in [6.45, 7) is 0.296. The van der Waals surface area contributed by atoms with Crippen LogP contribution in [-0.4, -0.2) is 30.5 Å². The number of aliphatic hydroxyl groups is 1. The predicted octanol–water partition coefficient (Wildman–Crippen LogP) is 1.03. The van der Waals surface area contributed by atoms with Crippen LogP contribution in [0.4, 0.5) is 0 Å². The van der Waals surface area contributed by atoms with Crippen LogP contribution in [0.5, 0.6) is 11.5 Å². The molecule has 0 fully saturated rings. The summed E-state index contributed by atoms with van der Waals surface area (Å²) in [5.74, 6) is 1.34. The number of aliphatic hydroxyl groups excluding tert-OH is 1. The lowest BCUT2D eigenvalue weighted by Gasteiger charge is -2.00. The smallest absolute Gasteiger partial charge is 0.231 e. The van der Waals surface area contributed by atoms with Crippen LogP contribution in [-0.2, 0) is 0 Å². The number of hydrogen-bond donors (Lipinski definition) is 1. The molecule has 1 aliphatic rings. The Morgan fingerprint density at radius 3 is 3.07 bits per heavy atom. The molecular formula is C10H12NO3P. The van der Waals surface area contributed by atoms with Crippen molar-refractivity contribution in [1.29, 1.82) is 0 Å². The molecule has 80 valence electrons. The Hall–Kier alpha value is -1.12. The molecule has 0 aliphatic carbocycles. The van der Waals surface area contributed by atoms with E-state index in [-0.39, 0.29) is 19.2 Å². The standard InChI is InChI=1S/C10H12NO3P/c12-5-10(15)11-4-7-1-2-8-9(3-7)14-6-13-8/h1-4,10,12H,5-6,15H2/b11-4+. The van der Waals surface area contributed by atoms with Gasteiger partial charge >= 0.3 is 0 Å². The molecule has 1 aliphatic heterocycles. The van der Waals surface area contributed by atoms with E-state index in [2.05, 4.69) is 14.2 Å². The van der Waals surface area contributed by atoms with Crippen LogP contribution in [0, 0.1) is 0 Å². The van der Waals surface area contributed by atoms with Crippen molar-refractivity contribution in [3.8, 4) is 11.5 Å². The lowest BCUT2D eigenvalue weighted by atomic mass is 10.2. The number of rotatable bonds is 3. The molecule has 0 radical (unpaired) electrons. The van der Waals surface area contributed by atoms with Gasteiger partial charge in [0.15, 0.2) is 11.5 Å². The van der Waals surface area contributed by atoms with Crippen LogP contribution in [0.15, 0.2) is 23.2 Å². The highest BCUT2D eigenvalue weighted by Gasteiger charge is 2.12. The van der Waals surface area contributed by atoms with Crippen molar-refractivity contribution in [1.82, 2.24) is 0 Å². The third-order valence-electron chi connectivity index (χ3n) is 2.00. The van der Waals surface area contributed by atoms with Gasteiger partial charge in [-0.3, -0.25) is 4.99 Å². The Morgan fingerprint density at radius 1 is 1.47 bits per heavy atom. The lowest BCUT2D eigenvalue weighted by molar-refractivity contribution is 0.174. The van der Waals surface area contributed by atoms with Crippen molar-refractivity contribution in [3.05, 3.63) is 23.8 Å². The fourth-order valence-electron chi connectivity index (χ4n) is 1.22. The predicted molar refractivity (Wildman–Crippen MR) is 60.7 cm³/mol. The van der Waals surface area contributed by atoms with Crippen LogP contribution in [0.2, 0.25) is 0 Å². The molecule has 1 aromatic carbocycles. The number of aliphatic imine (C=N–C) groups is 1. The maximum Gasteiger partial charge on any atom is 0.231 e. The SMILES string of the molecule is OCC(P)/N=C/c1ccc2c(c1)OCO2. The van der Waals surface area contributed by atoms with Gasteiger partial charge in [-0.25, -0.2) is 0 Å². The highest BCUT2D eigenvalue weighted by molar-refractivity contribution is 7.17. The van der Waals surface area contributed by atoms with E-state index in [9.17, 15) is 0 Å². The van der Waals surface area contributed by atoms with E-state index in [0.717, 1.165) is 17.1 Å². The second-order valence-electron chi connectivity index (χ2n) is 3.14. The van der Waals surface area contributed by atoms with E-state index >= 15 is 0 Å². The topological polar surface area (TPSA) is 51.1 Å². The molecule has 0 aromatic heterocycles. The first kappa shape index (κ1) is 10.4. The number of ether oxygens (including phenoxy) is 2. The van der Waals surface area contributed by atoms with Crippen LogP contribution in [0.1, 0.15) is 5.56 Å². The molecular weight excluding hydrogens is 213 g/mol. The van der Waals surface area contributed by atoms with E-state index in [1.54, 1.807) is 6.21 Å². The first-order valence-electron chi connectivity index (χ1n) is 4.59. The van der Waals surface area contributed by atoms with Gasteiger partial charge in [0, 0.05) is 6.21 Å². The van der Waals surface area contributed by atoms with Crippen LogP contribution in [0.3, 0.4) is 0 Å². The summed E-state index contributed by atoms with van der Waals surface area (Å²) in [6, 6.07) is 5.60. The largest absolute Gasteiger partial charge is 0.454 e. The monoisotopic (exact) mass is 225 g/mol. The van der Waals surface area contributed by atoms with Gasteiger partial charge < -0.3 is 14.6 Å². The third kappa shape index (κ3) is 2.46. The highest BCUT2D eigenvalue weighted by Crippen LogP contribution is 2.31. The zero-order valence-electron chi connectivity index (χ0n) is 8.09. The van der Waals surface area contributed by atoms with Gasteiger partial charge in [0.2, 0.25) is 6.79 Å². The normalized spacial score (nSPS) is 15.9. The average molecular weight is 225 g/mol. The molecule has 0 amide bonds. The third-order valence-corrected chi connectivity index (χ3v) is 2.38. The minimum absolute atomic E-state index is 0.0196. The Balaban J connectivity index is 2.13. The molecule has 1 N–H and O–H groups in total. The maximum atomic E-state index is 8.79. The van der Waals surface area contributed by atoms with Gasteiger partial charge in [-0.2, -0.15) is 0 Å². The molecule has 2 unspecified atom stereocenters. The van der Waals surface area contributed by atoms with Crippen molar-refractivity contribution >= 4 is 15.5 Å². The number of nitrogens with zero attached hydrogens (tertiary/aromatic N) is 1. The Bertz CT molecular complexity index is 381. The van der Waals surface area contributed by atoms with Crippen molar-refractivity contribution in [2.75, 3.05) is 13.4 Å². The summed E-state index contributed by atoms with van der Waals surface area (Å²) < 4.78 is 10.4. The van der Waals surface area contributed by atoms with Gasteiger partial charge in [-0.15, -0.1) is 9.24 Å². The zero-order valence-corrected chi connectivity index (χ0v) is 9.24. The van der Waals surface area contributed by atoms with Gasteiger partial charge in [0.1, 0.15) is 0 Å². The molecule has 0 spiro atoms. The molecule has 0 saturated carbocycles. The minimum atomic E-state index is -0.157. The average Bonchev–Trinajstić information content (AvgIpc) is 2.72. The zero-order chi connectivity index (χ0) is 10.7. The quantitative estimate of drug-likeness (QED) is 0.617. The second kappa shape index (κ2) is 4.60. The molecule has 5 heteroatoms. The summed E-state index contributed by atoms with van der Waals surface area (Å²) in [4.78, 5) is 4.13. The molecule has 0 saturated heterocycles. The van der Waals surface area contributed by atoms with Crippen molar-refractivity contribution in [2.45, 2.75) is 5.78 Å². The molecule has 1 heterocycles. The van der Waals surface area contributed by atoms with Crippen LogP contribution in [0.25, 0.3) is 0 Å². The van der Waals surface area contributed by atoms with E-state index in [0.29, 0.717) is 0 Å². The van der Waals surface area contributed by atoms with Crippen molar-refractivity contribution in [2.24, 2.45) is 4.99 Å². The summed E-state index contributed by atoms with van der Waals surface area (Å²) in [5, 5.41) is 8.79. The van der Waals surface area contributed by atoms with E-state index in [1.807, 2.05) is 18.2 Å². The number of fused-ring (bicyclic) bond motifs is 1. The lowest BCUT2D eigenvalue weighted by Crippen LogP contribution is -1.99. The summed E-state index contributed by atoms with van der Waals surface area (Å²) in [5.41, 5.74) is 0.931. The molecule has 0 bridgehead atoms. The van der Waals surface area contributed by atoms with E-state index < -0.39 is 0 Å². The number of benzene rings is 1. The first-order chi connectivity index (χ1) is 7.29. The number of hydrogen-bond acceptors (Lipinski definition) is 4. The molecule has 15 heavy (non-hydrogen) atoms. The minimum Gasteiger partial charge on any atom is -0.454 e. The first-order valence-corrected chi connectivity index (χ1v) is 5.25. The Labute approximate surface area is 90.1 Å². The Morgan fingerprint density at radius 2 is 2.27 bits per heavy atom. The maximum absolute atomic E-state index is 8.79. The molecule has 2 atom stereocenters. The fourth-order valence-corrected chi connectivity index (χ4v) is 1.31. The van der Waals surface area contributed by atoms with Crippen LogP contribution < -0.4 is 9.47 Å². The van der Waals surface area contributed by atoms with Gasteiger partial charge in [0.25, 0.3) is 0 Å².